The topological polar surface area (TPSA) is 121 Å². The minimum absolute atomic E-state index is 0.0531. The van der Waals surface area contributed by atoms with E-state index in [9.17, 15) is 14.4 Å². The fourth-order valence-electron chi connectivity index (χ4n) is 2.23. The molecule has 0 radical (unpaired) electrons. The molecule has 0 aliphatic rings. The fourth-order valence-corrected chi connectivity index (χ4v) is 3.00. The molecule has 0 saturated heterocycles. The molecule has 8 nitrogen and oxygen atoms in total. The number of carbonyl (C=O) groups is 2. The van der Waals surface area contributed by atoms with Crippen LogP contribution in [0.15, 0.2) is 40.3 Å². The first-order chi connectivity index (χ1) is 12.5. The lowest BCUT2D eigenvalue weighted by atomic mass is 10.2. The number of anilines is 2. The summed E-state index contributed by atoms with van der Waals surface area (Å²) in [5, 5.41) is 2.70. The first kappa shape index (κ1) is 19.5. The van der Waals surface area contributed by atoms with Crippen LogP contribution >= 0.6 is 11.8 Å². The summed E-state index contributed by atoms with van der Waals surface area (Å²) in [6.45, 7) is 5.03. The average molecular weight is 375 g/mol. The van der Waals surface area contributed by atoms with Gasteiger partial charge in [0.25, 0.3) is 11.5 Å². The van der Waals surface area contributed by atoms with Crippen LogP contribution in [0.4, 0.5) is 11.5 Å². The second kappa shape index (κ2) is 9.04. The van der Waals surface area contributed by atoms with E-state index in [-0.39, 0.29) is 28.3 Å². The van der Waals surface area contributed by atoms with Crippen LogP contribution < -0.4 is 16.6 Å². The number of amides is 2. The van der Waals surface area contributed by atoms with Crippen LogP contribution in [0.3, 0.4) is 0 Å². The molecule has 0 aliphatic heterocycles. The number of thioether (sulfide) groups is 1. The third kappa shape index (κ3) is 4.85. The molecule has 0 aliphatic carbocycles. The molecule has 1 heterocycles. The third-order valence-electron chi connectivity index (χ3n) is 3.65. The van der Waals surface area contributed by atoms with Crippen LogP contribution in [0.1, 0.15) is 24.2 Å². The highest BCUT2D eigenvalue weighted by Crippen LogP contribution is 2.17. The molecule has 26 heavy (non-hydrogen) atoms. The zero-order chi connectivity index (χ0) is 19.1. The number of aromatic amines is 1. The number of nitrogens with one attached hydrogen (secondary N) is 2. The van der Waals surface area contributed by atoms with Crippen LogP contribution in [0.5, 0.6) is 0 Å². The smallest absolute Gasteiger partial charge is 0.277 e. The van der Waals surface area contributed by atoms with Gasteiger partial charge in [-0.15, -0.1) is 0 Å². The van der Waals surface area contributed by atoms with Crippen LogP contribution in [-0.4, -0.2) is 45.5 Å². The number of H-pyrrole nitrogens is 1. The van der Waals surface area contributed by atoms with E-state index in [4.69, 9.17) is 5.73 Å². The van der Waals surface area contributed by atoms with Crippen molar-refractivity contribution in [2.24, 2.45) is 0 Å². The molecule has 0 fully saturated rings. The number of benzene rings is 1. The summed E-state index contributed by atoms with van der Waals surface area (Å²) in [6.07, 6.45) is 0. The largest absolute Gasteiger partial charge is 0.382 e. The normalized spacial score (nSPS) is 10.4. The minimum Gasteiger partial charge on any atom is -0.382 e. The summed E-state index contributed by atoms with van der Waals surface area (Å²) in [5.41, 5.74) is 5.53. The molecular weight excluding hydrogens is 354 g/mol. The van der Waals surface area contributed by atoms with Crippen molar-refractivity contribution in [3.05, 3.63) is 46.2 Å². The van der Waals surface area contributed by atoms with Gasteiger partial charge in [-0.05, 0) is 26.0 Å². The predicted molar refractivity (Wildman–Crippen MR) is 102 cm³/mol. The van der Waals surface area contributed by atoms with E-state index in [1.54, 1.807) is 35.2 Å². The monoisotopic (exact) mass is 375 g/mol. The summed E-state index contributed by atoms with van der Waals surface area (Å²) in [4.78, 5) is 44.7. The lowest BCUT2D eigenvalue weighted by molar-refractivity contribution is -0.127. The van der Waals surface area contributed by atoms with Crippen LogP contribution in [0, 0.1) is 0 Å². The highest BCUT2D eigenvalue weighted by atomic mass is 32.2. The third-order valence-corrected chi connectivity index (χ3v) is 4.51. The van der Waals surface area contributed by atoms with Gasteiger partial charge in [-0.3, -0.25) is 19.4 Å². The first-order valence-corrected chi connectivity index (χ1v) is 9.11. The fraction of sp³-hybridized carbons (Fsp3) is 0.294. The zero-order valence-electron chi connectivity index (χ0n) is 14.6. The van der Waals surface area contributed by atoms with Gasteiger partial charge in [0.1, 0.15) is 5.69 Å². The van der Waals surface area contributed by atoms with E-state index in [1.807, 2.05) is 13.8 Å². The Hall–Kier alpha value is -2.81. The van der Waals surface area contributed by atoms with Crippen LogP contribution in [-0.2, 0) is 4.79 Å². The lowest BCUT2D eigenvalue weighted by Crippen LogP contribution is -2.32. The minimum atomic E-state index is -0.570. The Kier molecular flexibility index (Phi) is 6.79. The molecule has 1 aromatic carbocycles. The van der Waals surface area contributed by atoms with Crippen LogP contribution in [0.25, 0.3) is 0 Å². The molecule has 0 unspecified atom stereocenters. The Morgan fingerprint density at radius 3 is 2.46 bits per heavy atom. The summed E-state index contributed by atoms with van der Waals surface area (Å²) >= 11 is 1.09. The number of hydrogen-bond acceptors (Lipinski definition) is 6. The highest BCUT2D eigenvalue weighted by Gasteiger charge is 2.15. The van der Waals surface area contributed by atoms with Gasteiger partial charge >= 0.3 is 0 Å². The number of rotatable bonds is 7. The molecule has 0 atom stereocenters. The molecule has 9 heteroatoms. The van der Waals surface area contributed by atoms with Crippen molar-refractivity contribution in [3.63, 3.8) is 0 Å². The van der Waals surface area contributed by atoms with Crippen molar-refractivity contribution < 1.29 is 9.59 Å². The van der Waals surface area contributed by atoms with Crippen LogP contribution in [0.2, 0.25) is 0 Å². The molecular formula is C17H21N5O3S. The van der Waals surface area contributed by atoms with E-state index in [1.165, 1.54) is 0 Å². The maximum Gasteiger partial charge on any atom is 0.277 e. The van der Waals surface area contributed by atoms with E-state index < -0.39 is 11.5 Å². The molecule has 0 spiro atoms. The quantitative estimate of drug-likeness (QED) is 0.499. The average Bonchev–Trinajstić information content (AvgIpc) is 2.64. The zero-order valence-corrected chi connectivity index (χ0v) is 15.4. The molecule has 4 N–H and O–H groups in total. The number of carbonyl (C=O) groups excluding carboxylic acids is 2. The second-order valence-electron chi connectivity index (χ2n) is 5.31. The van der Waals surface area contributed by atoms with Crippen molar-refractivity contribution in [3.8, 4) is 0 Å². The molecule has 138 valence electrons. The number of nitrogens with zero attached hydrogens (tertiary/aromatic N) is 2. The standard InChI is InChI=1S/C17H21N5O3S/c1-3-22(4-2)12(23)10-26-17-20-14(18)13(16(25)21-17)19-15(24)11-8-6-5-7-9-11/h5-9H,3-4,10H2,1-2H3,(H,19,24)(H3,18,20,21,25). The SMILES string of the molecule is CCN(CC)C(=O)CSc1nc(N)c(NC(=O)c2ccccc2)c(=O)[nH]1. The molecule has 1 aromatic heterocycles. The van der Waals surface area contributed by atoms with E-state index in [0.717, 1.165) is 11.8 Å². The maximum atomic E-state index is 12.2. The maximum absolute atomic E-state index is 12.2. The Bertz CT molecular complexity index is 834. The summed E-state index contributed by atoms with van der Waals surface area (Å²) in [7, 11) is 0. The van der Waals surface area contributed by atoms with Gasteiger partial charge < -0.3 is 16.0 Å². The van der Waals surface area contributed by atoms with Crippen molar-refractivity contribution in [1.29, 1.82) is 0 Å². The molecule has 2 amide bonds. The summed E-state index contributed by atoms with van der Waals surface area (Å²) in [6, 6.07) is 8.46. The van der Waals surface area contributed by atoms with Gasteiger partial charge in [-0.1, -0.05) is 30.0 Å². The Morgan fingerprint density at radius 1 is 1.23 bits per heavy atom. The Morgan fingerprint density at radius 2 is 1.88 bits per heavy atom. The van der Waals surface area contributed by atoms with E-state index >= 15 is 0 Å². The Labute approximate surface area is 155 Å². The van der Waals surface area contributed by atoms with Gasteiger partial charge in [0, 0.05) is 18.7 Å². The van der Waals surface area contributed by atoms with Crippen molar-refractivity contribution in [1.82, 2.24) is 14.9 Å². The summed E-state index contributed by atoms with van der Waals surface area (Å²) in [5.74, 6) is -0.472. The highest BCUT2D eigenvalue weighted by molar-refractivity contribution is 7.99. The van der Waals surface area contributed by atoms with Crippen molar-refractivity contribution >= 4 is 35.1 Å². The predicted octanol–water partition coefficient (Wildman–Crippen LogP) is 1.56. The van der Waals surface area contributed by atoms with Gasteiger partial charge in [0.2, 0.25) is 5.91 Å². The van der Waals surface area contributed by atoms with Crippen molar-refractivity contribution in [2.45, 2.75) is 19.0 Å². The molecule has 2 rings (SSSR count). The van der Waals surface area contributed by atoms with E-state index in [2.05, 4.69) is 15.3 Å². The number of nitrogens with two attached hydrogens (primary N) is 1. The van der Waals surface area contributed by atoms with Crippen molar-refractivity contribution in [2.75, 3.05) is 29.9 Å². The lowest BCUT2D eigenvalue weighted by Gasteiger charge is -2.18. The Balaban J connectivity index is 2.09. The van der Waals surface area contributed by atoms with Gasteiger partial charge in [0.05, 0.1) is 5.75 Å². The number of hydrogen-bond donors (Lipinski definition) is 3. The molecule has 0 saturated carbocycles. The van der Waals surface area contributed by atoms with Gasteiger partial charge in [-0.2, -0.15) is 0 Å². The first-order valence-electron chi connectivity index (χ1n) is 8.13. The number of nitrogen functional groups attached to an aromatic ring is 1. The summed E-state index contributed by atoms with van der Waals surface area (Å²) < 4.78 is 0. The van der Waals surface area contributed by atoms with Gasteiger partial charge in [0.15, 0.2) is 11.0 Å². The second-order valence-corrected chi connectivity index (χ2v) is 6.27. The number of aromatic nitrogens is 2. The van der Waals surface area contributed by atoms with E-state index in [0.29, 0.717) is 18.7 Å². The molecule has 0 bridgehead atoms. The molecule has 2 aromatic rings. The van der Waals surface area contributed by atoms with Gasteiger partial charge in [-0.25, -0.2) is 4.98 Å².